The lowest BCUT2D eigenvalue weighted by Crippen LogP contribution is -2.47. The topological polar surface area (TPSA) is 53.0 Å². The second-order valence-corrected chi connectivity index (χ2v) is 6.47. The fourth-order valence-corrected chi connectivity index (χ4v) is 3.77. The number of hydrogen-bond donors (Lipinski definition) is 1. The molecule has 0 bridgehead atoms. The molecule has 2 unspecified atom stereocenters. The summed E-state index contributed by atoms with van der Waals surface area (Å²) in [5.74, 6) is 0.397. The monoisotopic (exact) mass is 282 g/mol. The average Bonchev–Trinajstić information content (AvgIpc) is 3.09. The summed E-state index contributed by atoms with van der Waals surface area (Å²) in [6.07, 6.45) is 5.49. The highest BCUT2D eigenvalue weighted by Crippen LogP contribution is 2.26. The van der Waals surface area contributed by atoms with Crippen LogP contribution < -0.4 is 0 Å². The second kappa shape index (κ2) is 6.41. The van der Waals surface area contributed by atoms with E-state index in [4.69, 9.17) is 4.74 Å². The normalized spacial score (nSPS) is 33.2. The number of nitrogens with zero attached hydrogens (tertiary/aromatic N) is 2. The van der Waals surface area contributed by atoms with Crippen LogP contribution in [0.3, 0.4) is 0 Å². The average molecular weight is 282 g/mol. The zero-order valence-electron chi connectivity index (χ0n) is 12.2. The van der Waals surface area contributed by atoms with E-state index >= 15 is 0 Å². The maximum absolute atomic E-state index is 12.0. The van der Waals surface area contributed by atoms with Crippen LogP contribution in [0.4, 0.5) is 0 Å². The molecule has 3 fully saturated rings. The number of piperidine rings is 1. The third kappa shape index (κ3) is 3.15. The maximum atomic E-state index is 12.0. The predicted octanol–water partition coefficient (Wildman–Crippen LogP) is 0.471. The smallest absolute Gasteiger partial charge is 0.223 e. The minimum atomic E-state index is 0.139. The number of rotatable bonds is 4. The lowest BCUT2D eigenvalue weighted by Gasteiger charge is -2.37. The Balaban J connectivity index is 1.45. The van der Waals surface area contributed by atoms with Crippen molar-refractivity contribution in [3.63, 3.8) is 0 Å². The molecule has 0 radical (unpaired) electrons. The van der Waals surface area contributed by atoms with E-state index in [1.165, 1.54) is 12.8 Å². The predicted molar refractivity (Wildman–Crippen MR) is 75.3 cm³/mol. The van der Waals surface area contributed by atoms with E-state index in [1.807, 2.05) is 4.90 Å². The molecule has 3 aliphatic heterocycles. The molecular weight excluding hydrogens is 256 g/mol. The summed E-state index contributed by atoms with van der Waals surface area (Å²) in [7, 11) is 0. The number of hydrogen-bond acceptors (Lipinski definition) is 4. The SMILES string of the molecule is O=C1CC(CO)CN1C1CCN(CC2CCCO2)CC1. The van der Waals surface area contributed by atoms with Gasteiger partial charge in [-0.2, -0.15) is 0 Å². The Morgan fingerprint density at radius 3 is 2.65 bits per heavy atom. The van der Waals surface area contributed by atoms with Gasteiger partial charge in [0.15, 0.2) is 0 Å². The van der Waals surface area contributed by atoms with E-state index in [1.54, 1.807) is 0 Å². The number of carbonyl (C=O) groups is 1. The summed E-state index contributed by atoms with van der Waals surface area (Å²) in [4.78, 5) is 16.5. The van der Waals surface area contributed by atoms with Crippen LogP contribution in [0.15, 0.2) is 0 Å². The van der Waals surface area contributed by atoms with Gasteiger partial charge in [-0.25, -0.2) is 0 Å². The van der Waals surface area contributed by atoms with Crippen LogP contribution in [-0.2, 0) is 9.53 Å². The summed E-state index contributed by atoms with van der Waals surface area (Å²) in [5, 5.41) is 9.20. The Morgan fingerprint density at radius 2 is 2.05 bits per heavy atom. The molecule has 3 rings (SSSR count). The molecule has 0 saturated carbocycles. The number of carbonyl (C=O) groups excluding carboxylic acids is 1. The van der Waals surface area contributed by atoms with Crippen LogP contribution >= 0.6 is 0 Å². The number of likely N-dealkylation sites (tertiary alicyclic amines) is 2. The summed E-state index contributed by atoms with van der Waals surface area (Å²) >= 11 is 0. The van der Waals surface area contributed by atoms with Gasteiger partial charge in [-0.3, -0.25) is 4.79 Å². The molecule has 1 amide bonds. The van der Waals surface area contributed by atoms with Gasteiger partial charge in [0.2, 0.25) is 5.91 Å². The van der Waals surface area contributed by atoms with Crippen molar-refractivity contribution in [3.05, 3.63) is 0 Å². The summed E-state index contributed by atoms with van der Waals surface area (Å²) < 4.78 is 5.69. The zero-order valence-corrected chi connectivity index (χ0v) is 12.2. The van der Waals surface area contributed by atoms with Gasteiger partial charge in [0.05, 0.1) is 6.10 Å². The number of amides is 1. The van der Waals surface area contributed by atoms with E-state index in [0.29, 0.717) is 18.6 Å². The highest BCUT2D eigenvalue weighted by atomic mass is 16.5. The van der Waals surface area contributed by atoms with E-state index in [2.05, 4.69) is 4.90 Å². The fraction of sp³-hybridized carbons (Fsp3) is 0.933. The largest absolute Gasteiger partial charge is 0.396 e. The Hall–Kier alpha value is -0.650. The molecule has 3 saturated heterocycles. The highest BCUT2D eigenvalue weighted by molar-refractivity contribution is 5.79. The molecule has 3 aliphatic rings. The Kier molecular flexibility index (Phi) is 4.58. The van der Waals surface area contributed by atoms with Crippen molar-refractivity contribution >= 4 is 5.91 Å². The number of aliphatic hydroxyl groups is 1. The molecule has 5 nitrogen and oxygen atoms in total. The first kappa shape index (κ1) is 14.3. The summed E-state index contributed by atoms with van der Waals surface area (Å²) in [6.45, 7) is 5.01. The van der Waals surface area contributed by atoms with E-state index in [0.717, 1.165) is 45.6 Å². The van der Waals surface area contributed by atoms with Gasteiger partial charge < -0.3 is 19.6 Å². The van der Waals surface area contributed by atoms with Crippen molar-refractivity contribution < 1.29 is 14.6 Å². The van der Waals surface area contributed by atoms with Gasteiger partial charge in [-0.1, -0.05) is 0 Å². The number of ether oxygens (including phenoxy) is 1. The number of aliphatic hydroxyl groups excluding tert-OH is 1. The minimum absolute atomic E-state index is 0.139. The first-order valence-corrected chi connectivity index (χ1v) is 8.00. The van der Waals surface area contributed by atoms with Crippen molar-refractivity contribution in [2.75, 3.05) is 39.4 Å². The van der Waals surface area contributed by atoms with Crippen LogP contribution in [0.1, 0.15) is 32.1 Å². The van der Waals surface area contributed by atoms with Crippen molar-refractivity contribution in [1.29, 1.82) is 0 Å². The van der Waals surface area contributed by atoms with Gasteiger partial charge in [0.1, 0.15) is 0 Å². The standard InChI is InChI=1S/C15H26N2O3/c18-11-12-8-15(19)17(9-12)13-3-5-16(6-4-13)10-14-2-1-7-20-14/h12-14,18H,1-11H2. The quantitative estimate of drug-likeness (QED) is 0.814. The first-order valence-electron chi connectivity index (χ1n) is 8.00. The van der Waals surface area contributed by atoms with Crippen LogP contribution in [0, 0.1) is 5.92 Å². The first-order chi connectivity index (χ1) is 9.76. The van der Waals surface area contributed by atoms with Crippen molar-refractivity contribution in [2.24, 2.45) is 5.92 Å². The lowest BCUT2D eigenvalue weighted by atomic mass is 10.0. The molecule has 20 heavy (non-hydrogen) atoms. The van der Waals surface area contributed by atoms with Crippen molar-refractivity contribution in [1.82, 2.24) is 9.80 Å². The van der Waals surface area contributed by atoms with Crippen LogP contribution in [0.2, 0.25) is 0 Å². The van der Waals surface area contributed by atoms with Gasteiger partial charge >= 0.3 is 0 Å². The van der Waals surface area contributed by atoms with Crippen LogP contribution in [-0.4, -0.2) is 72.4 Å². The molecule has 0 aromatic carbocycles. The van der Waals surface area contributed by atoms with E-state index in [9.17, 15) is 9.90 Å². The van der Waals surface area contributed by atoms with E-state index < -0.39 is 0 Å². The van der Waals surface area contributed by atoms with Crippen LogP contribution in [0.25, 0.3) is 0 Å². The zero-order chi connectivity index (χ0) is 13.9. The maximum Gasteiger partial charge on any atom is 0.223 e. The molecule has 2 atom stereocenters. The molecule has 5 heteroatoms. The molecule has 0 spiro atoms. The third-order valence-corrected chi connectivity index (χ3v) is 4.98. The molecular formula is C15H26N2O3. The van der Waals surface area contributed by atoms with Gasteiger partial charge in [-0.05, 0) is 25.7 Å². The molecule has 0 aliphatic carbocycles. The van der Waals surface area contributed by atoms with Crippen molar-refractivity contribution in [3.8, 4) is 0 Å². The Bertz CT molecular complexity index is 336. The summed E-state index contributed by atoms with van der Waals surface area (Å²) in [6, 6.07) is 0.389. The highest BCUT2D eigenvalue weighted by Gasteiger charge is 2.35. The lowest BCUT2D eigenvalue weighted by molar-refractivity contribution is -0.130. The summed E-state index contributed by atoms with van der Waals surface area (Å²) in [5.41, 5.74) is 0. The molecule has 3 heterocycles. The van der Waals surface area contributed by atoms with Gasteiger partial charge in [-0.15, -0.1) is 0 Å². The minimum Gasteiger partial charge on any atom is -0.396 e. The molecule has 1 N–H and O–H groups in total. The van der Waals surface area contributed by atoms with Crippen molar-refractivity contribution in [2.45, 2.75) is 44.2 Å². The Labute approximate surface area is 120 Å². The molecule has 0 aromatic rings. The van der Waals surface area contributed by atoms with Gasteiger partial charge in [0, 0.05) is 57.8 Å². The molecule has 114 valence electrons. The fourth-order valence-electron chi connectivity index (χ4n) is 3.77. The Morgan fingerprint density at radius 1 is 1.25 bits per heavy atom. The second-order valence-electron chi connectivity index (χ2n) is 6.47. The van der Waals surface area contributed by atoms with E-state index in [-0.39, 0.29) is 18.4 Å². The van der Waals surface area contributed by atoms with Gasteiger partial charge in [0.25, 0.3) is 0 Å². The molecule has 0 aromatic heterocycles. The third-order valence-electron chi connectivity index (χ3n) is 4.98. The van der Waals surface area contributed by atoms with Crippen LogP contribution in [0.5, 0.6) is 0 Å².